The molecule has 0 spiro atoms. The molecule has 0 fully saturated rings. The Hall–Kier alpha value is -1.19. The molecule has 0 aliphatic rings. The number of rotatable bonds is 8. The summed E-state index contributed by atoms with van der Waals surface area (Å²) >= 11 is 0. The summed E-state index contributed by atoms with van der Waals surface area (Å²) < 4.78 is 5.60. The first kappa shape index (κ1) is 14.9. The highest BCUT2D eigenvalue weighted by atomic mass is 28.3. The van der Waals surface area contributed by atoms with Crippen LogP contribution in [0.4, 0.5) is 0 Å². The van der Waals surface area contributed by atoms with E-state index in [1.54, 1.807) is 14.0 Å². The topological polar surface area (TPSA) is 26.3 Å². The van der Waals surface area contributed by atoms with Crippen molar-refractivity contribution in [1.82, 2.24) is 0 Å². The molecule has 98 valence electrons. The molecule has 0 radical (unpaired) electrons. The zero-order valence-electron chi connectivity index (χ0n) is 11.3. The van der Waals surface area contributed by atoms with Crippen LogP contribution in [0.25, 0.3) is 0 Å². The van der Waals surface area contributed by atoms with E-state index in [1.165, 1.54) is 5.56 Å². The summed E-state index contributed by atoms with van der Waals surface area (Å²) in [5.74, 6) is 0.179. The molecular weight excluding hydrogens is 240 g/mol. The number of benzene rings is 1. The summed E-state index contributed by atoms with van der Waals surface area (Å²) in [7, 11) is 0.580. The molecule has 1 rings (SSSR count). The standard InChI is InChI=1S/C15H22O2Si/c1-13(2)15(16)10-7-11-18(17-3)12-14-8-5-4-6-9-14/h4-6,8-9,18H,1,7,10-12H2,2-3H3. The molecule has 1 unspecified atom stereocenters. The number of hydrogen-bond donors (Lipinski definition) is 0. The van der Waals surface area contributed by atoms with Crippen molar-refractivity contribution in [3.63, 3.8) is 0 Å². The lowest BCUT2D eigenvalue weighted by Crippen LogP contribution is -2.20. The van der Waals surface area contributed by atoms with Gasteiger partial charge >= 0.3 is 0 Å². The lowest BCUT2D eigenvalue weighted by atomic mass is 10.1. The maximum atomic E-state index is 11.4. The van der Waals surface area contributed by atoms with Crippen molar-refractivity contribution >= 4 is 14.8 Å². The summed E-state index contributed by atoms with van der Waals surface area (Å²) in [6.07, 6.45) is 1.53. The minimum absolute atomic E-state index is 0.179. The zero-order chi connectivity index (χ0) is 13.4. The first-order valence-corrected chi connectivity index (χ1v) is 8.49. The van der Waals surface area contributed by atoms with E-state index in [9.17, 15) is 4.79 Å². The summed E-state index contributed by atoms with van der Waals surface area (Å²) in [6, 6.07) is 12.5. The second-order valence-corrected chi connectivity index (χ2v) is 7.34. The van der Waals surface area contributed by atoms with Gasteiger partial charge < -0.3 is 4.43 Å². The lowest BCUT2D eigenvalue weighted by molar-refractivity contribution is -0.115. The Balaban J connectivity index is 2.34. The van der Waals surface area contributed by atoms with Gasteiger partial charge in [-0.15, -0.1) is 0 Å². The number of allylic oxidation sites excluding steroid dienone is 1. The molecule has 1 aromatic rings. The second-order valence-electron chi connectivity index (χ2n) is 4.64. The maximum Gasteiger partial charge on any atom is 0.180 e. The van der Waals surface area contributed by atoms with Crippen molar-refractivity contribution in [3.8, 4) is 0 Å². The van der Waals surface area contributed by atoms with Gasteiger partial charge in [-0.2, -0.15) is 0 Å². The molecule has 0 aliphatic heterocycles. The van der Waals surface area contributed by atoms with Crippen molar-refractivity contribution in [3.05, 3.63) is 48.0 Å². The average molecular weight is 262 g/mol. The predicted molar refractivity (Wildman–Crippen MR) is 78.2 cm³/mol. The molecule has 18 heavy (non-hydrogen) atoms. The van der Waals surface area contributed by atoms with Crippen molar-refractivity contribution in [2.75, 3.05) is 7.11 Å². The second kappa shape index (κ2) is 8.00. The van der Waals surface area contributed by atoms with Gasteiger partial charge in [-0.3, -0.25) is 4.79 Å². The summed E-state index contributed by atoms with van der Waals surface area (Å²) in [6.45, 7) is 5.45. The number of ketones is 1. The fourth-order valence-corrected chi connectivity index (χ4v) is 3.95. The van der Waals surface area contributed by atoms with Crippen molar-refractivity contribution in [1.29, 1.82) is 0 Å². The molecule has 1 aromatic carbocycles. The Bertz CT molecular complexity index is 387. The monoisotopic (exact) mass is 262 g/mol. The summed E-state index contributed by atoms with van der Waals surface area (Å²) in [4.78, 5) is 11.4. The number of Topliss-reactive ketones (excluding diaryl/α,β-unsaturated/α-hetero) is 1. The molecule has 0 bridgehead atoms. The van der Waals surface area contributed by atoms with E-state index < -0.39 is 9.04 Å². The largest absolute Gasteiger partial charge is 0.423 e. The molecule has 1 atom stereocenters. The first-order chi connectivity index (χ1) is 8.63. The molecule has 2 nitrogen and oxygen atoms in total. The van der Waals surface area contributed by atoms with Gasteiger partial charge in [0.15, 0.2) is 14.8 Å². The zero-order valence-corrected chi connectivity index (χ0v) is 12.5. The van der Waals surface area contributed by atoms with Crippen molar-refractivity contribution in [2.24, 2.45) is 0 Å². The molecule has 3 heteroatoms. The van der Waals surface area contributed by atoms with Crippen LogP contribution in [0, 0.1) is 0 Å². The third-order valence-corrected chi connectivity index (χ3v) is 5.69. The SMILES string of the molecule is C=C(C)C(=O)CCC[SiH](Cc1ccccc1)OC. The van der Waals surface area contributed by atoms with Gasteiger partial charge in [-0.25, -0.2) is 0 Å². The quantitative estimate of drug-likeness (QED) is 0.531. The predicted octanol–water partition coefficient (Wildman–Crippen LogP) is 3.06. The van der Waals surface area contributed by atoms with Crippen LogP contribution in [0.3, 0.4) is 0 Å². The van der Waals surface area contributed by atoms with Crippen LogP contribution in [0.15, 0.2) is 42.5 Å². The highest BCUT2D eigenvalue weighted by molar-refractivity contribution is 6.51. The molecular formula is C15H22O2Si. The van der Waals surface area contributed by atoms with Crippen LogP contribution >= 0.6 is 0 Å². The van der Waals surface area contributed by atoms with E-state index in [1.807, 2.05) is 6.07 Å². The Morgan fingerprint density at radius 2 is 2.00 bits per heavy atom. The van der Waals surface area contributed by atoms with Gasteiger partial charge in [-0.1, -0.05) is 36.9 Å². The maximum absolute atomic E-state index is 11.4. The third kappa shape index (κ3) is 5.43. The van der Waals surface area contributed by atoms with Crippen LogP contribution in [-0.2, 0) is 15.3 Å². The lowest BCUT2D eigenvalue weighted by Gasteiger charge is -2.13. The average Bonchev–Trinajstić information content (AvgIpc) is 2.38. The van der Waals surface area contributed by atoms with Gasteiger partial charge in [0.2, 0.25) is 0 Å². The van der Waals surface area contributed by atoms with Crippen LogP contribution in [0.1, 0.15) is 25.3 Å². The fourth-order valence-electron chi connectivity index (χ4n) is 1.88. The minimum atomic E-state index is -1.21. The summed E-state index contributed by atoms with van der Waals surface area (Å²) in [5.41, 5.74) is 2.00. The smallest absolute Gasteiger partial charge is 0.180 e. The van der Waals surface area contributed by atoms with Crippen molar-refractivity contribution in [2.45, 2.75) is 31.9 Å². The third-order valence-electron chi connectivity index (χ3n) is 3.05. The Labute approximate surface area is 111 Å². The molecule has 0 aliphatic carbocycles. The van der Waals surface area contributed by atoms with Gasteiger partial charge in [0.05, 0.1) is 0 Å². The van der Waals surface area contributed by atoms with E-state index in [2.05, 4.69) is 30.8 Å². The van der Waals surface area contributed by atoms with Gasteiger partial charge in [0.1, 0.15) is 0 Å². The molecule has 0 N–H and O–H groups in total. The van der Waals surface area contributed by atoms with E-state index in [-0.39, 0.29) is 5.78 Å². The first-order valence-electron chi connectivity index (χ1n) is 6.39. The summed E-state index contributed by atoms with van der Waals surface area (Å²) in [5, 5.41) is 0. The fraction of sp³-hybridized carbons (Fsp3) is 0.400. The molecule has 0 aromatic heterocycles. The number of hydrogen-bond acceptors (Lipinski definition) is 2. The van der Waals surface area contributed by atoms with Crippen LogP contribution < -0.4 is 0 Å². The highest BCUT2D eigenvalue weighted by Crippen LogP contribution is 2.11. The molecule has 0 heterocycles. The number of carbonyl (C=O) groups is 1. The molecule has 0 saturated carbocycles. The van der Waals surface area contributed by atoms with Gasteiger partial charge in [-0.05, 0) is 36.6 Å². The molecule has 0 saturated heterocycles. The number of carbonyl (C=O) groups excluding carboxylic acids is 1. The van der Waals surface area contributed by atoms with Crippen molar-refractivity contribution < 1.29 is 9.22 Å². The van der Waals surface area contributed by atoms with Crippen LogP contribution in [0.5, 0.6) is 0 Å². The minimum Gasteiger partial charge on any atom is -0.423 e. The normalized spacial score (nSPS) is 12.1. The van der Waals surface area contributed by atoms with E-state index in [0.29, 0.717) is 12.0 Å². The Morgan fingerprint density at radius 1 is 1.33 bits per heavy atom. The van der Waals surface area contributed by atoms with Crippen LogP contribution in [0.2, 0.25) is 6.04 Å². The molecule has 0 amide bonds. The van der Waals surface area contributed by atoms with Gasteiger partial charge in [0, 0.05) is 13.5 Å². The van der Waals surface area contributed by atoms with E-state index >= 15 is 0 Å². The Kier molecular flexibility index (Phi) is 6.61. The Morgan fingerprint density at radius 3 is 2.56 bits per heavy atom. The highest BCUT2D eigenvalue weighted by Gasteiger charge is 2.12. The van der Waals surface area contributed by atoms with Gasteiger partial charge in [0.25, 0.3) is 0 Å². The van der Waals surface area contributed by atoms with Crippen LogP contribution in [-0.4, -0.2) is 21.9 Å². The van der Waals surface area contributed by atoms with E-state index in [4.69, 9.17) is 4.43 Å². The van der Waals surface area contributed by atoms with E-state index in [0.717, 1.165) is 18.5 Å².